The Kier molecular flexibility index (Phi) is 4.60. The van der Waals surface area contributed by atoms with Crippen molar-refractivity contribution in [2.45, 2.75) is 27.1 Å². The molecule has 1 aromatic carbocycles. The first-order valence-electron chi connectivity index (χ1n) is 9.25. The van der Waals surface area contributed by atoms with Gasteiger partial charge in [-0.1, -0.05) is 18.2 Å². The summed E-state index contributed by atoms with van der Waals surface area (Å²) >= 11 is 0. The molecule has 7 heteroatoms. The second-order valence-electron chi connectivity index (χ2n) is 7.25. The molecule has 0 aliphatic carbocycles. The van der Waals surface area contributed by atoms with Gasteiger partial charge in [0.05, 0.1) is 30.1 Å². The highest BCUT2D eigenvalue weighted by Crippen LogP contribution is 2.20. The summed E-state index contributed by atoms with van der Waals surface area (Å²) in [6, 6.07) is 10.0. The van der Waals surface area contributed by atoms with Crippen molar-refractivity contribution < 1.29 is 0 Å². The molecule has 0 bridgehead atoms. The summed E-state index contributed by atoms with van der Waals surface area (Å²) in [5.74, 6) is 0. The van der Waals surface area contributed by atoms with E-state index in [4.69, 9.17) is 0 Å². The summed E-state index contributed by atoms with van der Waals surface area (Å²) in [5.41, 5.74) is 4.08. The molecule has 7 nitrogen and oxygen atoms in total. The third kappa shape index (κ3) is 3.14. The first kappa shape index (κ1) is 18.2. The summed E-state index contributed by atoms with van der Waals surface area (Å²) < 4.78 is 5.42. The maximum atomic E-state index is 12.9. The van der Waals surface area contributed by atoms with E-state index in [9.17, 15) is 4.79 Å². The molecular formula is C21H24N6O. The molecule has 0 fully saturated rings. The molecule has 4 aromatic rings. The van der Waals surface area contributed by atoms with Crippen molar-refractivity contribution in [3.05, 3.63) is 76.2 Å². The number of fused-ring (bicyclic) bond motifs is 1. The fraction of sp³-hybridized carbons (Fsp3) is 0.286. The van der Waals surface area contributed by atoms with Crippen LogP contribution in [0.3, 0.4) is 0 Å². The van der Waals surface area contributed by atoms with Crippen molar-refractivity contribution in [3.8, 4) is 5.69 Å². The van der Waals surface area contributed by atoms with Gasteiger partial charge >= 0.3 is 0 Å². The van der Waals surface area contributed by atoms with E-state index in [2.05, 4.69) is 15.1 Å². The van der Waals surface area contributed by atoms with Gasteiger partial charge in [0.25, 0.3) is 5.56 Å². The first-order chi connectivity index (χ1) is 13.5. The fourth-order valence-corrected chi connectivity index (χ4v) is 3.57. The number of nitrogens with zero attached hydrogens (tertiary/aromatic N) is 6. The SMILES string of the molecule is Cc1c2cnn(CN(C)Cc3cnn(-c4ccccc4)c3)c(=O)c2c(C)n1C. The van der Waals surface area contributed by atoms with E-state index in [1.807, 2.05) is 79.9 Å². The molecule has 0 aliphatic heterocycles. The van der Waals surface area contributed by atoms with Crippen LogP contribution in [0.25, 0.3) is 16.5 Å². The lowest BCUT2D eigenvalue weighted by Gasteiger charge is -2.16. The Morgan fingerprint density at radius 3 is 2.54 bits per heavy atom. The number of rotatable bonds is 5. The van der Waals surface area contributed by atoms with E-state index in [1.165, 1.54) is 4.68 Å². The molecule has 144 valence electrons. The number of para-hydroxylation sites is 1. The molecule has 0 saturated carbocycles. The molecule has 3 heterocycles. The summed E-state index contributed by atoms with van der Waals surface area (Å²) in [5, 5.41) is 10.5. The average molecular weight is 376 g/mol. The van der Waals surface area contributed by atoms with Crippen molar-refractivity contribution >= 4 is 10.8 Å². The number of aryl methyl sites for hydroxylation is 2. The van der Waals surface area contributed by atoms with Gasteiger partial charge < -0.3 is 4.57 Å². The molecule has 0 radical (unpaired) electrons. The fourth-order valence-electron chi connectivity index (χ4n) is 3.57. The molecule has 0 spiro atoms. The standard InChI is InChI=1S/C21H24N6O/c1-15-19-11-23-27(21(28)20(19)16(2)25(15)4)14-24(3)12-17-10-22-26(13-17)18-8-6-5-7-9-18/h5-11,13H,12,14H2,1-4H3. The summed E-state index contributed by atoms with van der Waals surface area (Å²) in [6.07, 6.45) is 5.66. The van der Waals surface area contributed by atoms with Gasteiger partial charge in [-0.2, -0.15) is 10.2 Å². The maximum absolute atomic E-state index is 12.9. The van der Waals surface area contributed by atoms with Gasteiger partial charge in [0.15, 0.2) is 0 Å². The minimum Gasteiger partial charge on any atom is -0.351 e. The summed E-state index contributed by atoms with van der Waals surface area (Å²) in [7, 11) is 3.95. The Balaban J connectivity index is 1.54. The normalized spacial score (nSPS) is 11.6. The van der Waals surface area contributed by atoms with Crippen LogP contribution in [0.5, 0.6) is 0 Å². The molecule has 3 aromatic heterocycles. The van der Waals surface area contributed by atoms with E-state index in [1.54, 1.807) is 6.20 Å². The summed E-state index contributed by atoms with van der Waals surface area (Å²) in [4.78, 5) is 15.0. The van der Waals surface area contributed by atoms with Crippen molar-refractivity contribution in [1.29, 1.82) is 0 Å². The van der Waals surface area contributed by atoms with Gasteiger partial charge in [0, 0.05) is 42.1 Å². The highest BCUT2D eigenvalue weighted by Gasteiger charge is 2.15. The Hall–Kier alpha value is -3.19. The number of hydrogen-bond donors (Lipinski definition) is 0. The van der Waals surface area contributed by atoms with E-state index >= 15 is 0 Å². The van der Waals surface area contributed by atoms with Crippen LogP contribution in [-0.2, 0) is 20.3 Å². The molecule has 0 N–H and O–H groups in total. The van der Waals surface area contributed by atoms with Crippen LogP contribution < -0.4 is 5.56 Å². The van der Waals surface area contributed by atoms with Gasteiger partial charge in [-0.25, -0.2) is 9.36 Å². The third-order valence-electron chi connectivity index (χ3n) is 5.29. The largest absolute Gasteiger partial charge is 0.351 e. The summed E-state index contributed by atoms with van der Waals surface area (Å²) in [6.45, 7) is 5.07. The minimum absolute atomic E-state index is 0.0504. The first-order valence-corrected chi connectivity index (χ1v) is 9.25. The molecule has 4 rings (SSSR count). The Morgan fingerprint density at radius 2 is 1.79 bits per heavy atom. The average Bonchev–Trinajstić information content (AvgIpc) is 3.24. The van der Waals surface area contributed by atoms with Crippen LogP contribution in [0.4, 0.5) is 0 Å². The highest BCUT2D eigenvalue weighted by molar-refractivity contribution is 5.86. The second-order valence-corrected chi connectivity index (χ2v) is 7.25. The lowest BCUT2D eigenvalue weighted by atomic mass is 10.2. The van der Waals surface area contributed by atoms with Crippen LogP contribution in [0.1, 0.15) is 17.0 Å². The van der Waals surface area contributed by atoms with Crippen LogP contribution in [0, 0.1) is 13.8 Å². The van der Waals surface area contributed by atoms with Gasteiger partial charge in [0.1, 0.15) is 0 Å². The molecule has 0 atom stereocenters. The van der Waals surface area contributed by atoms with Crippen molar-refractivity contribution in [3.63, 3.8) is 0 Å². The van der Waals surface area contributed by atoms with Crippen molar-refractivity contribution in [2.24, 2.45) is 7.05 Å². The molecule has 0 saturated heterocycles. The second kappa shape index (κ2) is 7.09. The Morgan fingerprint density at radius 1 is 1.04 bits per heavy atom. The zero-order valence-electron chi connectivity index (χ0n) is 16.6. The van der Waals surface area contributed by atoms with Crippen LogP contribution >= 0.6 is 0 Å². The van der Waals surface area contributed by atoms with E-state index < -0.39 is 0 Å². The van der Waals surface area contributed by atoms with E-state index in [0.717, 1.165) is 33.4 Å². The predicted molar refractivity (Wildman–Crippen MR) is 109 cm³/mol. The number of benzene rings is 1. The highest BCUT2D eigenvalue weighted by atomic mass is 16.1. The zero-order chi connectivity index (χ0) is 19.8. The molecule has 28 heavy (non-hydrogen) atoms. The van der Waals surface area contributed by atoms with Gasteiger partial charge in [-0.3, -0.25) is 9.69 Å². The smallest absolute Gasteiger partial charge is 0.277 e. The predicted octanol–water partition coefficient (Wildman–Crippen LogP) is 2.63. The molecule has 0 amide bonds. The monoisotopic (exact) mass is 376 g/mol. The number of hydrogen-bond acceptors (Lipinski definition) is 4. The van der Waals surface area contributed by atoms with Crippen LogP contribution in [-0.4, -0.2) is 36.1 Å². The van der Waals surface area contributed by atoms with Crippen molar-refractivity contribution in [2.75, 3.05) is 7.05 Å². The van der Waals surface area contributed by atoms with Gasteiger partial charge in [-0.15, -0.1) is 0 Å². The van der Waals surface area contributed by atoms with Crippen LogP contribution in [0.15, 0.2) is 53.7 Å². The molecular weight excluding hydrogens is 352 g/mol. The van der Waals surface area contributed by atoms with Crippen molar-refractivity contribution in [1.82, 2.24) is 29.0 Å². The molecule has 0 aliphatic rings. The van der Waals surface area contributed by atoms with Gasteiger partial charge in [-0.05, 0) is 33.0 Å². The zero-order valence-corrected chi connectivity index (χ0v) is 16.6. The Bertz CT molecular complexity index is 1190. The lowest BCUT2D eigenvalue weighted by molar-refractivity contribution is 0.241. The quantitative estimate of drug-likeness (QED) is 0.537. The number of aromatic nitrogens is 5. The third-order valence-corrected chi connectivity index (χ3v) is 5.29. The van der Waals surface area contributed by atoms with Crippen LogP contribution in [0.2, 0.25) is 0 Å². The Labute approximate surface area is 163 Å². The molecule has 0 unspecified atom stereocenters. The maximum Gasteiger partial charge on any atom is 0.277 e. The minimum atomic E-state index is -0.0504. The lowest BCUT2D eigenvalue weighted by Crippen LogP contribution is -2.31. The topological polar surface area (TPSA) is 60.9 Å². The van der Waals surface area contributed by atoms with E-state index in [-0.39, 0.29) is 5.56 Å². The van der Waals surface area contributed by atoms with E-state index in [0.29, 0.717) is 13.2 Å². The van der Waals surface area contributed by atoms with Gasteiger partial charge in [0.2, 0.25) is 0 Å².